The molecule has 1 fully saturated rings. The summed E-state index contributed by atoms with van der Waals surface area (Å²) in [5.41, 5.74) is 2.34. The van der Waals surface area contributed by atoms with Crippen LogP contribution in [0.15, 0.2) is 30.5 Å². The molecular weight excluding hydrogens is 306 g/mol. The molecule has 1 aliphatic rings. The summed E-state index contributed by atoms with van der Waals surface area (Å²) in [5.74, 6) is -0.826. The van der Waals surface area contributed by atoms with Crippen molar-refractivity contribution in [3.05, 3.63) is 36.0 Å². The minimum Gasteiger partial charge on any atom is -0.480 e. The third-order valence-corrected chi connectivity index (χ3v) is 4.72. The van der Waals surface area contributed by atoms with Crippen molar-refractivity contribution in [1.29, 1.82) is 0 Å². The molecule has 2 aromatic rings. The first-order valence-electron chi connectivity index (χ1n) is 8.32. The SMILES string of the molecule is CN1C[C@@H](NC(=O)CCCc2c[nH]c3ccccc23)C[C@H]1C(=O)O. The maximum Gasteiger partial charge on any atom is 0.320 e. The molecule has 1 amide bonds. The summed E-state index contributed by atoms with van der Waals surface area (Å²) in [6.45, 7) is 0.588. The largest absolute Gasteiger partial charge is 0.480 e. The number of benzene rings is 1. The van der Waals surface area contributed by atoms with Crippen LogP contribution in [0, 0.1) is 0 Å². The molecule has 0 spiro atoms. The van der Waals surface area contributed by atoms with E-state index in [0.717, 1.165) is 18.4 Å². The highest BCUT2D eigenvalue weighted by atomic mass is 16.4. The van der Waals surface area contributed by atoms with Gasteiger partial charge in [-0.3, -0.25) is 14.5 Å². The van der Waals surface area contributed by atoms with Crippen LogP contribution < -0.4 is 5.32 Å². The van der Waals surface area contributed by atoms with Gasteiger partial charge in [0.2, 0.25) is 5.91 Å². The number of aromatic amines is 1. The Kier molecular flexibility index (Phi) is 4.85. The normalized spacial score (nSPS) is 21.2. The van der Waals surface area contributed by atoms with Gasteiger partial charge in [-0.1, -0.05) is 18.2 Å². The van der Waals surface area contributed by atoms with E-state index >= 15 is 0 Å². The van der Waals surface area contributed by atoms with E-state index in [4.69, 9.17) is 5.11 Å². The molecule has 2 atom stereocenters. The lowest BCUT2D eigenvalue weighted by Crippen LogP contribution is -2.36. The number of amides is 1. The lowest BCUT2D eigenvalue weighted by Gasteiger charge is -2.13. The Morgan fingerprint density at radius 1 is 1.38 bits per heavy atom. The third-order valence-electron chi connectivity index (χ3n) is 4.72. The number of hydrogen-bond acceptors (Lipinski definition) is 3. The minimum absolute atomic E-state index is 0.000667. The monoisotopic (exact) mass is 329 g/mol. The van der Waals surface area contributed by atoms with Crippen molar-refractivity contribution in [2.45, 2.75) is 37.8 Å². The molecule has 2 heterocycles. The Balaban J connectivity index is 1.46. The number of carboxylic acid groups (broad SMARTS) is 1. The minimum atomic E-state index is -0.825. The van der Waals surface area contributed by atoms with Crippen molar-refractivity contribution < 1.29 is 14.7 Å². The molecule has 24 heavy (non-hydrogen) atoms. The Morgan fingerprint density at radius 2 is 2.17 bits per heavy atom. The number of aryl methyl sites for hydroxylation is 1. The number of H-pyrrole nitrogens is 1. The molecule has 3 rings (SSSR count). The van der Waals surface area contributed by atoms with Crippen LogP contribution in [0.2, 0.25) is 0 Å². The highest BCUT2D eigenvalue weighted by molar-refractivity contribution is 5.83. The van der Waals surface area contributed by atoms with E-state index < -0.39 is 12.0 Å². The van der Waals surface area contributed by atoms with Crippen molar-refractivity contribution in [3.8, 4) is 0 Å². The van der Waals surface area contributed by atoms with Crippen LogP contribution >= 0.6 is 0 Å². The van der Waals surface area contributed by atoms with Gasteiger partial charge in [-0.05, 0) is 37.9 Å². The summed E-state index contributed by atoms with van der Waals surface area (Å²) in [7, 11) is 1.78. The smallest absolute Gasteiger partial charge is 0.320 e. The van der Waals surface area contributed by atoms with Gasteiger partial charge in [0.25, 0.3) is 0 Å². The van der Waals surface area contributed by atoms with Gasteiger partial charge in [0, 0.05) is 36.1 Å². The highest BCUT2D eigenvalue weighted by Crippen LogP contribution is 2.20. The third kappa shape index (κ3) is 3.59. The fourth-order valence-corrected chi connectivity index (χ4v) is 3.47. The summed E-state index contributed by atoms with van der Waals surface area (Å²) in [6, 6.07) is 7.57. The molecule has 6 heteroatoms. The number of carboxylic acids is 1. The van der Waals surface area contributed by atoms with Gasteiger partial charge in [-0.25, -0.2) is 0 Å². The van der Waals surface area contributed by atoms with Gasteiger partial charge >= 0.3 is 5.97 Å². The van der Waals surface area contributed by atoms with Crippen LogP contribution in [-0.4, -0.2) is 52.5 Å². The average Bonchev–Trinajstić information content (AvgIpc) is 3.11. The molecular formula is C18H23N3O3. The molecule has 0 radical (unpaired) electrons. The topological polar surface area (TPSA) is 85.4 Å². The molecule has 1 aliphatic heterocycles. The molecule has 0 unspecified atom stereocenters. The maximum atomic E-state index is 12.1. The standard InChI is InChI=1S/C18H23N3O3/c1-21-11-13(9-16(21)18(23)24)20-17(22)8-4-5-12-10-19-15-7-3-2-6-14(12)15/h2-3,6-7,10,13,16,19H,4-5,8-9,11H2,1H3,(H,20,22)(H,23,24)/t13-,16-/m0/s1. The second kappa shape index (κ2) is 7.05. The fourth-order valence-electron chi connectivity index (χ4n) is 3.47. The summed E-state index contributed by atoms with van der Waals surface area (Å²) >= 11 is 0. The van der Waals surface area contributed by atoms with Gasteiger partial charge in [-0.2, -0.15) is 0 Å². The van der Waals surface area contributed by atoms with Crippen LogP contribution in [0.3, 0.4) is 0 Å². The summed E-state index contributed by atoms with van der Waals surface area (Å²) < 4.78 is 0. The lowest BCUT2D eigenvalue weighted by molar-refractivity contribution is -0.141. The number of nitrogens with one attached hydrogen (secondary N) is 2. The van der Waals surface area contributed by atoms with E-state index in [9.17, 15) is 9.59 Å². The van der Waals surface area contributed by atoms with Gasteiger partial charge in [0.05, 0.1) is 0 Å². The number of likely N-dealkylation sites (N-methyl/N-ethyl adjacent to an activating group) is 1. The van der Waals surface area contributed by atoms with Crippen LogP contribution in [0.25, 0.3) is 10.9 Å². The number of nitrogens with zero attached hydrogens (tertiary/aromatic N) is 1. The summed E-state index contributed by atoms with van der Waals surface area (Å²) in [4.78, 5) is 28.2. The Morgan fingerprint density at radius 3 is 2.92 bits per heavy atom. The van der Waals surface area contributed by atoms with Crippen molar-refractivity contribution in [2.24, 2.45) is 0 Å². The first-order chi connectivity index (χ1) is 11.5. The molecule has 0 bridgehead atoms. The van der Waals surface area contributed by atoms with E-state index in [-0.39, 0.29) is 11.9 Å². The van der Waals surface area contributed by atoms with E-state index in [1.807, 2.05) is 24.4 Å². The van der Waals surface area contributed by atoms with Crippen LogP contribution in [0.4, 0.5) is 0 Å². The molecule has 6 nitrogen and oxygen atoms in total. The maximum absolute atomic E-state index is 12.1. The van der Waals surface area contributed by atoms with Gasteiger partial charge in [0.15, 0.2) is 0 Å². The lowest BCUT2D eigenvalue weighted by atomic mass is 10.1. The van der Waals surface area contributed by atoms with Crippen LogP contribution in [0.1, 0.15) is 24.8 Å². The second-order valence-corrected chi connectivity index (χ2v) is 6.51. The van der Waals surface area contributed by atoms with E-state index in [1.54, 1.807) is 11.9 Å². The Labute approximate surface area is 140 Å². The first-order valence-corrected chi connectivity index (χ1v) is 8.32. The highest BCUT2D eigenvalue weighted by Gasteiger charge is 2.34. The molecule has 1 saturated heterocycles. The Hall–Kier alpha value is -2.34. The van der Waals surface area contributed by atoms with Crippen LogP contribution in [0.5, 0.6) is 0 Å². The van der Waals surface area contributed by atoms with Crippen molar-refractivity contribution >= 4 is 22.8 Å². The number of aliphatic carboxylic acids is 1. The average molecular weight is 329 g/mol. The van der Waals surface area contributed by atoms with Gasteiger partial charge < -0.3 is 15.4 Å². The zero-order valence-corrected chi connectivity index (χ0v) is 13.8. The fraction of sp³-hybridized carbons (Fsp3) is 0.444. The molecule has 1 aromatic heterocycles. The first kappa shape index (κ1) is 16.5. The van der Waals surface area contributed by atoms with E-state index in [2.05, 4.69) is 16.4 Å². The van der Waals surface area contributed by atoms with Crippen molar-refractivity contribution in [3.63, 3.8) is 0 Å². The number of likely N-dealkylation sites (tertiary alicyclic amines) is 1. The van der Waals surface area contributed by atoms with Crippen molar-refractivity contribution in [1.82, 2.24) is 15.2 Å². The number of aromatic nitrogens is 1. The number of hydrogen-bond donors (Lipinski definition) is 3. The number of carbonyl (C=O) groups excluding carboxylic acids is 1. The number of para-hydroxylation sites is 1. The molecule has 128 valence electrons. The van der Waals surface area contributed by atoms with E-state index in [0.29, 0.717) is 19.4 Å². The van der Waals surface area contributed by atoms with Crippen LogP contribution in [-0.2, 0) is 16.0 Å². The summed E-state index contributed by atoms with van der Waals surface area (Å²) in [5, 5.41) is 13.3. The zero-order chi connectivity index (χ0) is 17.1. The van der Waals surface area contributed by atoms with E-state index in [1.165, 1.54) is 10.9 Å². The number of fused-ring (bicyclic) bond motifs is 1. The molecule has 0 aliphatic carbocycles. The number of carbonyl (C=O) groups is 2. The Bertz CT molecular complexity index is 740. The predicted molar refractivity (Wildman–Crippen MR) is 91.8 cm³/mol. The summed E-state index contributed by atoms with van der Waals surface area (Å²) in [6.07, 6.45) is 4.56. The quantitative estimate of drug-likeness (QED) is 0.754. The molecule has 0 saturated carbocycles. The predicted octanol–water partition coefficient (Wildman–Crippen LogP) is 1.76. The van der Waals surface area contributed by atoms with Gasteiger partial charge in [0.1, 0.15) is 6.04 Å². The second-order valence-electron chi connectivity index (χ2n) is 6.51. The number of rotatable bonds is 6. The van der Waals surface area contributed by atoms with Gasteiger partial charge in [-0.15, -0.1) is 0 Å². The molecule has 3 N–H and O–H groups in total. The van der Waals surface area contributed by atoms with Crippen molar-refractivity contribution in [2.75, 3.05) is 13.6 Å². The molecule has 1 aromatic carbocycles. The zero-order valence-electron chi connectivity index (χ0n) is 13.8.